The van der Waals surface area contributed by atoms with Crippen molar-refractivity contribution in [1.29, 1.82) is 0 Å². The highest BCUT2D eigenvalue weighted by Gasteiger charge is 2.43. The molecule has 1 saturated heterocycles. The van der Waals surface area contributed by atoms with Crippen LogP contribution < -0.4 is 14.8 Å². The first kappa shape index (κ1) is 14.0. The quantitative estimate of drug-likeness (QED) is 0.874. The van der Waals surface area contributed by atoms with Crippen molar-refractivity contribution in [3.8, 4) is 11.5 Å². The summed E-state index contributed by atoms with van der Waals surface area (Å²) in [5, 5.41) is 12.0. The maximum atomic E-state index is 12.9. The Morgan fingerprint density at radius 3 is 2.90 bits per heavy atom. The normalized spacial score (nSPS) is 26.0. The van der Waals surface area contributed by atoms with Crippen molar-refractivity contribution in [2.24, 2.45) is 0 Å². The number of ether oxygens (including phenoxy) is 3. The predicted octanol–water partition coefficient (Wildman–Crippen LogP) is 1.34. The summed E-state index contributed by atoms with van der Waals surface area (Å²) in [7, 11) is 0. The molecular formula is C13H13F2NO5. The molecule has 0 amide bonds. The number of fused-ring (bicyclic) bond motifs is 1. The second kappa shape index (κ2) is 5.12. The molecule has 0 bridgehead atoms. The molecular weight excluding hydrogens is 288 g/mol. The number of aliphatic carboxylic acids is 1. The highest BCUT2D eigenvalue weighted by molar-refractivity contribution is 5.73. The lowest BCUT2D eigenvalue weighted by atomic mass is 10.1. The van der Waals surface area contributed by atoms with Crippen LogP contribution in [0.25, 0.3) is 0 Å². The molecule has 0 radical (unpaired) electrons. The number of alkyl halides is 2. The Kier molecular flexibility index (Phi) is 3.42. The second-order valence-electron chi connectivity index (χ2n) is 4.85. The Balaban J connectivity index is 1.63. The van der Waals surface area contributed by atoms with E-state index in [-0.39, 0.29) is 17.5 Å². The third kappa shape index (κ3) is 2.91. The highest BCUT2D eigenvalue weighted by Crippen LogP contribution is 2.41. The molecule has 2 N–H and O–H groups in total. The van der Waals surface area contributed by atoms with E-state index in [4.69, 9.17) is 9.84 Å². The third-order valence-electron chi connectivity index (χ3n) is 3.37. The average molecular weight is 301 g/mol. The topological polar surface area (TPSA) is 77.0 Å². The molecule has 114 valence electrons. The van der Waals surface area contributed by atoms with E-state index in [9.17, 15) is 13.6 Å². The number of hydrogen-bond acceptors (Lipinski definition) is 5. The fraction of sp³-hybridized carbons (Fsp3) is 0.462. The largest absolute Gasteiger partial charge is 0.586 e. The van der Waals surface area contributed by atoms with Gasteiger partial charge in [-0.15, -0.1) is 8.78 Å². The van der Waals surface area contributed by atoms with E-state index < -0.39 is 18.4 Å². The summed E-state index contributed by atoms with van der Waals surface area (Å²) >= 11 is 0. The molecule has 0 aromatic heterocycles. The van der Waals surface area contributed by atoms with Crippen molar-refractivity contribution in [1.82, 2.24) is 5.32 Å². The van der Waals surface area contributed by atoms with Gasteiger partial charge in [0.2, 0.25) is 0 Å². The van der Waals surface area contributed by atoms with Crippen molar-refractivity contribution < 1.29 is 32.9 Å². The van der Waals surface area contributed by atoms with Crippen molar-refractivity contribution in [3.05, 3.63) is 23.8 Å². The number of rotatable bonds is 4. The van der Waals surface area contributed by atoms with Gasteiger partial charge in [0.05, 0.1) is 0 Å². The van der Waals surface area contributed by atoms with Gasteiger partial charge in [0.25, 0.3) is 0 Å². The van der Waals surface area contributed by atoms with E-state index in [0.717, 1.165) is 0 Å². The highest BCUT2D eigenvalue weighted by atomic mass is 19.3. The van der Waals surface area contributed by atoms with Gasteiger partial charge in [-0.25, -0.2) is 4.79 Å². The number of carboxylic acid groups (broad SMARTS) is 1. The van der Waals surface area contributed by atoms with Crippen LogP contribution in [0.1, 0.15) is 12.0 Å². The first-order valence-corrected chi connectivity index (χ1v) is 6.41. The number of carbonyl (C=O) groups is 1. The Bertz CT molecular complexity index is 565. The first-order valence-electron chi connectivity index (χ1n) is 6.41. The SMILES string of the molecule is O=C(O)[C@@H]1OCC[C@@H]1NCc1ccc2c(c1)OC(F)(F)O2. The molecule has 1 fully saturated rings. The maximum Gasteiger partial charge on any atom is 0.586 e. The Hall–Kier alpha value is -1.93. The lowest BCUT2D eigenvalue weighted by Gasteiger charge is -2.16. The molecule has 0 spiro atoms. The number of benzene rings is 1. The molecule has 2 heterocycles. The summed E-state index contributed by atoms with van der Waals surface area (Å²) in [5.74, 6) is -1.07. The molecule has 21 heavy (non-hydrogen) atoms. The minimum Gasteiger partial charge on any atom is -0.479 e. The van der Waals surface area contributed by atoms with Gasteiger partial charge in [-0.2, -0.15) is 0 Å². The smallest absolute Gasteiger partial charge is 0.479 e. The van der Waals surface area contributed by atoms with Crippen molar-refractivity contribution in [2.45, 2.75) is 31.4 Å². The second-order valence-corrected chi connectivity index (χ2v) is 4.85. The molecule has 8 heteroatoms. The van der Waals surface area contributed by atoms with E-state index in [2.05, 4.69) is 14.8 Å². The van der Waals surface area contributed by atoms with Gasteiger partial charge in [0.15, 0.2) is 17.6 Å². The zero-order valence-corrected chi connectivity index (χ0v) is 10.8. The number of hydrogen-bond donors (Lipinski definition) is 2. The van der Waals surface area contributed by atoms with Crippen LogP contribution in [0, 0.1) is 0 Å². The fourth-order valence-electron chi connectivity index (χ4n) is 2.39. The third-order valence-corrected chi connectivity index (χ3v) is 3.37. The molecule has 1 aromatic carbocycles. The molecule has 2 atom stereocenters. The van der Waals surface area contributed by atoms with E-state index in [1.807, 2.05) is 0 Å². The van der Waals surface area contributed by atoms with Crippen LogP contribution in [0.5, 0.6) is 11.5 Å². The summed E-state index contributed by atoms with van der Waals surface area (Å²) in [5.41, 5.74) is 0.686. The van der Waals surface area contributed by atoms with Gasteiger partial charge >= 0.3 is 12.3 Å². The molecule has 0 unspecified atom stereocenters. The molecule has 2 aliphatic heterocycles. The summed E-state index contributed by atoms with van der Waals surface area (Å²) < 4.78 is 39.6. The molecule has 3 rings (SSSR count). The lowest BCUT2D eigenvalue weighted by molar-refractivity contribution is -0.286. The monoisotopic (exact) mass is 301 g/mol. The molecule has 1 aromatic rings. The zero-order chi connectivity index (χ0) is 15.0. The average Bonchev–Trinajstić information content (AvgIpc) is 2.97. The van der Waals surface area contributed by atoms with E-state index >= 15 is 0 Å². The number of halogens is 2. The predicted molar refractivity (Wildman–Crippen MR) is 65.3 cm³/mol. The Labute approximate surface area is 118 Å². The van der Waals surface area contributed by atoms with Crippen LogP contribution in [0.3, 0.4) is 0 Å². The van der Waals surface area contributed by atoms with Crippen LogP contribution in [-0.2, 0) is 16.1 Å². The van der Waals surface area contributed by atoms with Crippen LogP contribution >= 0.6 is 0 Å². The van der Waals surface area contributed by atoms with Crippen LogP contribution in [0.15, 0.2) is 18.2 Å². The van der Waals surface area contributed by atoms with E-state index in [0.29, 0.717) is 25.1 Å². The summed E-state index contributed by atoms with van der Waals surface area (Å²) in [6.07, 6.45) is -3.94. The number of nitrogens with one attached hydrogen (secondary N) is 1. The van der Waals surface area contributed by atoms with Gasteiger partial charge in [0.1, 0.15) is 0 Å². The Morgan fingerprint density at radius 2 is 2.14 bits per heavy atom. The van der Waals surface area contributed by atoms with Gasteiger partial charge in [-0.1, -0.05) is 6.07 Å². The van der Waals surface area contributed by atoms with Crippen molar-refractivity contribution in [2.75, 3.05) is 6.61 Å². The molecule has 0 aliphatic carbocycles. The summed E-state index contributed by atoms with van der Waals surface area (Å²) in [6, 6.07) is 4.14. The molecule has 2 aliphatic rings. The zero-order valence-electron chi connectivity index (χ0n) is 10.8. The van der Waals surface area contributed by atoms with E-state index in [1.54, 1.807) is 6.07 Å². The standard InChI is InChI=1S/C13H13F2NO5/c14-13(15)20-9-2-1-7(5-10(9)21-13)6-16-8-3-4-19-11(8)12(17)18/h1-2,5,8,11,16H,3-4,6H2,(H,17,18)/t8-,11+/m0/s1. The van der Waals surface area contributed by atoms with Gasteiger partial charge in [0, 0.05) is 19.2 Å². The van der Waals surface area contributed by atoms with E-state index in [1.165, 1.54) is 12.1 Å². The van der Waals surface area contributed by atoms with Crippen molar-refractivity contribution in [3.63, 3.8) is 0 Å². The number of carboxylic acids is 1. The fourth-order valence-corrected chi connectivity index (χ4v) is 2.39. The van der Waals surface area contributed by atoms with Crippen LogP contribution in [0.4, 0.5) is 8.78 Å². The molecule has 0 saturated carbocycles. The Morgan fingerprint density at radius 1 is 1.38 bits per heavy atom. The van der Waals surface area contributed by atoms with Gasteiger partial charge in [-0.05, 0) is 24.1 Å². The van der Waals surface area contributed by atoms with Gasteiger partial charge in [-0.3, -0.25) is 0 Å². The lowest BCUT2D eigenvalue weighted by Crippen LogP contribution is -2.40. The van der Waals surface area contributed by atoms with Crippen LogP contribution in [-0.4, -0.2) is 36.1 Å². The maximum absolute atomic E-state index is 12.9. The first-order chi connectivity index (χ1) is 9.94. The molecule has 6 nitrogen and oxygen atoms in total. The van der Waals surface area contributed by atoms with Crippen molar-refractivity contribution >= 4 is 5.97 Å². The summed E-state index contributed by atoms with van der Waals surface area (Å²) in [4.78, 5) is 11.0. The minimum absolute atomic E-state index is 0.0173. The summed E-state index contributed by atoms with van der Waals surface area (Å²) in [6.45, 7) is 0.696. The van der Waals surface area contributed by atoms with Gasteiger partial charge < -0.3 is 24.6 Å². The van der Waals surface area contributed by atoms with Crippen LogP contribution in [0.2, 0.25) is 0 Å². The minimum atomic E-state index is -3.64.